The molecule has 1 atom stereocenters. The number of aliphatic hydroxyl groups is 1. The average molecular weight is 494 g/mol. The number of morpholine rings is 1. The number of aromatic nitrogens is 4. The van der Waals surface area contributed by atoms with Gasteiger partial charge in [0.25, 0.3) is 0 Å². The molecule has 1 unspecified atom stereocenters. The Hall–Kier alpha value is -4.14. The first kappa shape index (κ1) is 23.3. The summed E-state index contributed by atoms with van der Waals surface area (Å²) in [5, 5.41) is 14.5. The Morgan fingerprint density at radius 2 is 1.84 bits per heavy atom. The first-order valence-electron chi connectivity index (χ1n) is 12.3. The van der Waals surface area contributed by atoms with Crippen LogP contribution in [0.25, 0.3) is 33.4 Å². The third kappa shape index (κ3) is 4.34. The second-order valence-corrected chi connectivity index (χ2v) is 9.19. The predicted molar refractivity (Wildman–Crippen MR) is 141 cm³/mol. The molecule has 8 nitrogen and oxygen atoms in total. The number of anilines is 1. The Kier molecular flexibility index (Phi) is 6.12. The lowest BCUT2D eigenvalue weighted by Gasteiger charge is -2.37. The van der Waals surface area contributed by atoms with Gasteiger partial charge < -0.3 is 19.3 Å². The Bertz CT molecular complexity index is 1530. The third-order valence-electron chi connectivity index (χ3n) is 6.83. The van der Waals surface area contributed by atoms with Crippen molar-refractivity contribution < 1.29 is 14.4 Å². The molecule has 2 aromatic carbocycles. The van der Waals surface area contributed by atoms with Crippen LogP contribution in [-0.2, 0) is 11.3 Å². The molecular weight excluding hydrogens is 466 g/mol. The summed E-state index contributed by atoms with van der Waals surface area (Å²) in [7, 11) is 0. The average Bonchev–Trinajstić information content (AvgIpc) is 3.30. The summed E-state index contributed by atoms with van der Waals surface area (Å²) in [6, 6.07) is 20.3. The molecule has 1 fully saturated rings. The van der Waals surface area contributed by atoms with Crippen LogP contribution in [0.4, 0.5) is 5.82 Å². The van der Waals surface area contributed by atoms with Crippen LogP contribution < -0.4 is 4.90 Å². The normalized spacial score (nSPS) is 15.9. The molecule has 1 aliphatic heterocycles. The van der Waals surface area contributed by atoms with Crippen LogP contribution in [0, 0.1) is 13.8 Å². The molecule has 0 spiro atoms. The summed E-state index contributed by atoms with van der Waals surface area (Å²) in [5.74, 6) is 2.21. The van der Waals surface area contributed by atoms with Crippen molar-refractivity contribution >= 4 is 16.7 Å². The third-order valence-corrected chi connectivity index (χ3v) is 6.83. The molecule has 0 saturated carbocycles. The van der Waals surface area contributed by atoms with Crippen molar-refractivity contribution in [2.75, 3.05) is 24.7 Å². The highest BCUT2D eigenvalue weighted by Crippen LogP contribution is 2.37. The summed E-state index contributed by atoms with van der Waals surface area (Å²) >= 11 is 0. The number of hydrogen-bond donors (Lipinski definition) is 1. The minimum Gasteiger partial charge on any atom is -0.390 e. The van der Waals surface area contributed by atoms with E-state index in [1.807, 2.05) is 32.0 Å². The molecule has 6 rings (SSSR count). The highest BCUT2D eigenvalue weighted by Gasteiger charge is 2.28. The van der Waals surface area contributed by atoms with Gasteiger partial charge in [-0.05, 0) is 49.2 Å². The quantitative estimate of drug-likeness (QED) is 0.364. The van der Waals surface area contributed by atoms with Gasteiger partial charge in [-0.25, -0.2) is 9.97 Å². The molecule has 1 aliphatic rings. The summed E-state index contributed by atoms with van der Waals surface area (Å²) in [5.41, 5.74) is 6.25. The molecule has 0 radical (unpaired) electrons. The zero-order valence-electron chi connectivity index (χ0n) is 20.8. The predicted octanol–water partition coefficient (Wildman–Crippen LogP) is 5.03. The maximum atomic E-state index is 9.41. The number of aryl methyl sites for hydroxylation is 2. The van der Waals surface area contributed by atoms with E-state index in [4.69, 9.17) is 19.2 Å². The lowest BCUT2D eigenvalue weighted by atomic mass is 10.0. The van der Waals surface area contributed by atoms with Gasteiger partial charge in [0, 0.05) is 29.3 Å². The van der Waals surface area contributed by atoms with E-state index in [0.717, 1.165) is 44.9 Å². The molecular formula is C29H27N5O3. The minimum absolute atomic E-state index is 0.0125. The van der Waals surface area contributed by atoms with Crippen LogP contribution in [-0.4, -0.2) is 45.0 Å². The van der Waals surface area contributed by atoms with E-state index in [2.05, 4.69) is 51.4 Å². The van der Waals surface area contributed by atoms with Crippen LogP contribution in [0.5, 0.6) is 0 Å². The number of ether oxygens (including phenoxy) is 1. The summed E-state index contributed by atoms with van der Waals surface area (Å²) in [6.07, 6.45) is 1.71. The van der Waals surface area contributed by atoms with Crippen LogP contribution >= 0.6 is 0 Å². The van der Waals surface area contributed by atoms with E-state index >= 15 is 0 Å². The van der Waals surface area contributed by atoms with Gasteiger partial charge in [0.1, 0.15) is 11.6 Å². The topological polar surface area (TPSA) is 97.4 Å². The molecule has 186 valence electrons. The van der Waals surface area contributed by atoms with Crippen molar-refractivity contribution in [2.45, 2.75) is 26.5 Å². The van der Waals surface area contributed by atoms with Crippen LogP contribution in [0.2, 0.25) is 0 Å². The van der Waals surface area contributed by atoms with E-state index in [-0.39, 0.29) is 12.6 Å². The largest absolute Gasteiger partial charge is 0.390 e. The number of nitrogens with zero attached hydrogens (tertiary/aromatic N) is 5. The number of rotatable bonds is 5. The van der Waals surface area contributed by atoms with Crippen LogP contribution in [0.1, 0.15) is 28.8 Å². The first-order chi connectivity index (χ1) is 18.1. The summed E-state index contributed by atoms with van der Waals surface area (Å²) < 4.78 is 11.4. The second kappa shape index (κ2) is 9.72. The van der Waals surface area contributed by atoms with E-state index < -0.39 is 0 Å². The number of benzene rings is 2. The van der Waals surface area contributed by atoms with Gasteiger partial charge in [-0.3, -0.25) is 4.98 Å². The van der Waals surface area contributed by atoms with Gasteiger partial charge in [-0.2, -0.15) is 0 Å². The molecule has 5 aromatic rings. The van der Waals surface area contributed by atoms with Crippen molar-refractivity contribution in [1.29, 1.82) is 0 Å². The Labute approximate surface area is 214 Å². The fourth-order valence-corrected chi connectivity index (χ4v) is 4.97. The highest BCUT2D eigenvalue weighted by atomic mass is 16.5. The monoisotopic (exact) mass is 493 g/mol. The number of aliphatic hydroxyl groups excluding tert-OH is 1. The van der Waals surface area contributed by atoms with Gasteiger partial charge >= 0.3 is 0 Å². The second-order valence-electron chi connectivity index (χ2n) is 9.19. The fourth-order valence-electron chi connectivity index (χ4n) is 4.97. The number of pyridine rings is 1. The van der Waals surface area contributed by atoms with Gasteiger partial charge in [0.05, 0.1) is 42.8 Å². The maximum Gasteiger partial charge on any atom is 0.163 e. The lowest BCUT2D eigenvalue weighted by molar-refractivity contribution is 0.0939. The summed E-state index contributed by atoms with van der Waals surface area (Å²) in [4.78, 5) is 16.7. The fraction of sp³-hybridized carbons (Fsp3) is 0.241. The van der Waals surface area contributed by atoms with Crippen LogP contribution in [0.3, 0.4) is 0 Å². The van der Waals surface area contributed by atoms with Crippen molar-refractivity contribution in [1.82, 2.24) is 20.1 Å². The van der Waals surface area contributed by atoms with Crippen LogP contribution in [0.15, 0.2) is 71.4 Å². The van der Waals surface area contributed by atoms with Gasteiger partial charge in [0.2, 0.25) is 0 Å². The minimum atomic E-state index is -0.110. The summed E-state index contributed by atoms with van der Waals surface area (Å²) in [6.45, 7) is 5.65. The van der Waals surface area contributed by atoms with E-state index in [1.165, 1.54) is 5.56 Å². The zero-order valence-corrected chi connectivity index (χ0v) is 20.8. The van der Waals surface area contributed by atoms with Crippen molar-refractivity contribution in [2.24, 2.45) is 0 Å². The molecule has 1 N–H and O–H groups in total. The van der Waals surface area contributed by atoms with E-state index in [9.17, 15) is 5.11 Å². The molecule has 3 aromatic heterocycles. The van der Waals surface area contributed by atoms with E-state index in [0.29, 0.717) is 31.3 Å². The molecule has 4 heterocycles. The maximum absolute atomic E-state index is 9.41. The molecule has 8 heteroatoms. The standard InChI is InChI=1S/C29H27N5O3/c1-18-27(19(2)37-33-18)21-9-11-25-24(14-21)29(32-28(31-25)22-8-10-23(16-35)30-15-22)34-12-13-36-17-26(34)20-6-4-3-5-7-20/h3-11,14-15,26,35H,12-13,16-17H2,1-2H3. The van der Waals surface area contributed by atoms with Crippen molar-refractivity contribution in [3.63, 3.8) is 0 Å². The molecule has 0 amide bonds. The Morgan fingerprint density at radius 1 is 1.00 bits per heavy atom. The SMILES string of the molecule is Cc1noc(C)c1-c1ccc2nc(-c3ccc(CO)nc3)nc(N3CCOCC3c3ccccc3)c2c1. The lowest BCUT2D eigenvalue weighted by Crippen LogP contribution is -2.40. The Morgan fingerprint density at radius 3 is 2.57 bits per heavy atom. The molecule has 1 saturated heterocycles. The number of fused-ring (bicyclic) bond motifs is 1. The molecule has 37 heavy (non-hydrogen) atoms. The van der Waals surface area contributed by atoms with Gasteiger partial charge in [0.15, 0.2) is 5.82 Å². The Balaban J connectivity index is 1.56. The molecule has 0 bridgehead atoms. The van der Waals surface area contributed by atoms with E-state index in [1.54, 1.807) is 12.3 Å². The van der Waals surface area contributed by atoms with Gasteiger partial charge in [-0.1, -0.05) is 41.6 Å². The van der Waals surface area contributed by atoms with Gasteiger partial charge in [-0.15, -0.1) is 0 Å². The first-order valence-corrected chi connectivity index (χ1v) is 12.3. The highest BCUT2D eigenvalue weighted by molar-refractivity contribution is 5.95. The zero-order chi connectivity index (χ0) is 25.4. The number of hydrogen-bond acceptors (Lipinski definition) is 8. The smallest absolute Gasteiger partial charge is 0.163 e. The molecule has 0 aliphatic carbocycles. The van der Waals surface area contributed by atoms with Crippen molar-refractivity contribution in [3.8, 4) is 22.5 Å². The van der Waals surface area contributed by atoms with Crippen molar-refractivity contribution in [3.05, 3.63) is 89.6 Å².